The summed E-state index contributed by atoms with van der Waals surface area (Å²) in [6, 6.07) is 4.53. The molecule has 1 aliphatic heterocycles. The van der Waals surface area contributed by atoms with Crippen molar-refractivity contribution in [1.29, 1.82) is 0 Å². The minimum atomic E-state index is -0.923. The molecule has 2 aromatic heterocycles. The molecule has 4 rings (SSSR count). The number of ketones is 1. The number of carbonyl (C=O) groups excluding carboxylic acids is 3. The van der Waals surface area contributed by atoms with Crippen LogP contribution in [0.1, 0.15) is 45.3 Å². The van der Waals surface area contributed by atoms with Gasteiger partial charge in [0.1, 0.15) is 17.3 Å². The topological polar surface area (TPSA) is 118 Å². The number of halogens is 1. The summed E-state index contributed by atoms with van der Waals surface area (Å²) in [6.45, 7) is 4.04. The van der Waals surface area contributed by atoms with Crippen LogP contribution in [0.15, 0.2) is 48.6 Å². The lowest BCUT2D eigenvalue weighted by atomic mass is 9.94. The minimum Gasteiger partial charge on any atom is -0.507 e. The molecule has 1 atom stereocenters. The van der Waals surface area contributed by atoms with Gasteiger partial charge in [-0.15, -0.1) is 0 Å². The number of nitrogens with zero attached hydrogens (tertiary/aromatic N) is 3. The molecule has 10 heteroatoms. The molecule has 0 saturated carbocycles. The highest BCUT2D eigenvalue weighted by Gasteiger charge is 2.46. The number of imidazole rings is 1. The van der Waals surface area contributed by atoms with Crippen molar-refractivity contribution in [3.63, 3.8) is 0 Å². The van der Waals surface area contributed by atoms with Crippen molar-refractivity contribution in [2.24, 2.45) is 0 Å². The second-order valence-corrected chi connectivity index (χ2v) is 8.31. The maximum Gasteiger partial charge on any atom is 0.354 e. The fourth-order valence-corrected chi connectivity index (χ4v) is 4.49. The summed E-state index contributed by atoms with van der Waals surface area (Å²) in [4.78, 5) is 46.7. The van der Waals surface area contributed by atoms with E-state index in [1.165, 1.54) is 36.3 Å². The summed E-state index contributed by atoms with van der Waals surface area (Å²) in [7, 11) is 1.24. The first kappa shape index (κ1) is 23.9. The van der Waals surface area contributed by atoms with Crippen LogP contribution in [0.25, 0.3) is 5.76 Å². The zero-order valence-electron chi connectivity index (χ0n) is 19.5. The Bertz CT molecular complexity index is 1310. The summed E-state index contributed by atoms with van der Waals surface area (Å²) in [5.74, 6) is -3.11. The predicted octanol–water partition coefficient (Wildman–Crippen LogP) is 3.27. The van der Waals surface area contributed by atoms with Crippen molar-refractivity contribution in [3.8, 4) is 0 Å². The number of aryl methyl sites for hydroxylation is 2. The number of rotatable bonds is 7. The number of ether oxygens (including phenoxy) is 1. The van der Waals surface area contributed by atoms with E-state index in [-0.39, 0.29) is 23.4 Å². The number of likely N-dealkylation sites (tertiary alicyclic amines) is 1. The first-order valence-electron chi connectivity index (χ1n) is 11.0. The quantitative estimate of drug-likeness (QED) is 0.232. The van der Waals surface area contributed by atoms with Crippen molar-refractivity contribution < 1.29 is 28.6 Å². The Kier molecular flexibility index (Phi) is 6.54. The van der Waals surface area contributed by atoms with Gasteiger partial charge in [-0.05, 0) is 43.5 Å². The number of hydrogen-bond donors (Lipinski definition) is 2. The van der Waals surface area contributed by atoms with E-state index in [0.29, 0.717) is 29.8 Å². The second-order valence-electron chi connectivity index (χ2n) is 8.31. The van der Waals surface area contributed by atoms with Gasteiger partial charge in [-0.3, -0.25) is 9.59 Å². The van der Waals surface area contributed by atoms with E-state index < -0.39 is 35.3 Å². The van der Waals surface area contributed by atoms with Crippen LogP contribution in [-0.4, -0.2) is 55.9 Å². The van der Waals surface area contributed by atoms with Gasteiger partial charge in [-0.1, -0.05) is 12.1 Å². The lowest BCUT2D eigenvalue weighted by molar-refractivity contribution is -0.139. The number of H-pyrrole nitrogens is 1. The molecule has 1 amide bonds. The molecule has 0 aliphatic carbocycles. The Morgan fingerprint density at radius 3 is 2.54 bits per heavy atom. The van der Waals surface area contributed by atoms with Crippen molar-refractivity contribution >= 4 is 23.4 Å². The average molecular weight is 480 g/mol. The SMILES string of the molecule is COC(=O)c1[nH]c(C)c(/C(O)=C2\C(=O)C(=O)N(CCCn3ccnc3)[C@@H]2c2ccc(F)cc2)c1C. The van der Waals surface area contributed by atoms with Crippen LogP contribution in [-0.2, 0) is 20.9 Å². The van der Waals surface area contributed by atoms with E-state index in [4.69, 9.17) is 4.74 Å². The second kappa shape index (κ2) is 9.57. The molecule has 182 valence electrons. The number of hydrogen-bond acceptors (Lipinski definition) is 6. The van der Waals surface area contributed by atoms with E-state index in [2.05, 4.69) is 9.97 Å². The number of amides is 1. The van der Waals surface area contributed by atoms with Crippen LogP contribution in [0.3, 0.4) is 0 Å². The highest BCUT2D eigenvalue weighted by molar-refractivity contribution is 6.46. The van der Waals surface area contributed by atoms with Crippen LogP contribution in [0, 0.1) is 19.7 Å². The highest BCUT2D eigenvalue weighted by atomic mass is 19.1. The van der Waals surface area contributed by atoms with Gasteiger partial charge in [0.15, 0.2) is 0 Å². The molecule has 0 unspecified atom stereocenters. The van der Waals surface area contributed by atoms with Crippen molar-refractivity contribution in [3.05, 3.63) is 82.5 Å². The third-order valence-corrected chi connectivity index (χ3v) is 6.16. The van der Waals surface area contributed by atoms with E-state index in [9.17, 15) is 23.9 Å². The van der Waals surface area contributed by atoms with Gasteiger partial charge >= 0.3 is 5.97 Å². The fourth-order valence-electron chi connectivity index (χ4n) is 4.49. The molecule has 1 aliphatic rings. The molecule has 0 bridgehead atoms. The van der Waals surface area contributed by atoms with Crippen molar-refractivity contribution in [2.75, 3.05) is 13.7 Å². The summed E-state index contributed by atoms with van der Waals surface area (Å²) < 4.78 is 20.3. The molecule has 35 heavy (non-hydrogen) atoms. The molecule has 9 nitrogen and oxygen atoms in total. The number of carbonyl (C=O) groups is 3. The fraction of sp³-hybridized carbons (Fsp3) is 0.280. The highest BCUT2D eigenvalue weighted by Crippen LogP contribution is 2.41. The predicted molar refractivity (Wildman–Crippen MR) is 124 cm³/mol. The molecule has 2 N–H and O–H groups in total. The Labute approximate surface area is 200 Å². The summed E-state index contributed by atoms with van der Waals surface area (Å²) in [5.41, 5.74) is 1.56. The zero-order chi connectivity index (χ0) is 25.3. The first-order chi connectivity index (χ1) is 16.7. The molecule has 3 aromatic rings. The van der Waals surface area contributed by atoms with E-state index in [1.54, 1.807) is 32.6 Å². The monoisotopic (exact) mass is 480 g/mol. The number of benzene rings is 1. The molecular formula is C25H25FN4O5. The Hall–Kier alpha value is -4.21. The first-order valence-corrected chi connectivity index (χ1v) is 11.0. The zero-order valence-corrected chi connectivity index (χ0v) is 19.5. The number of nitrogens with one attached hydrogen (secondary N) is 1. The summed E-state index contributed by atoms with van der Waals surface area (Å²) in [6.07, 6.45) is 5.62. The van der Waals surface area contributed by atoms with E-state index >= 15 is 0 Å². The smallest absolute Gasteiger partial charge is 0.354 e. The summed E-state index contributed by atoms with van der Waals surface area (Å²) >= 11 is 0. The Balaban J connectivity index is 1.79. The minimum absolute atomic E-state index is 0.120. The molecule has 1 fully saturated rings. The number of methoxy groups -OCH3 is 1. The van der Waals surface area contributed by atoms with Crippen LogP contribution in [0.2, 0.25) is 0 Å². The normalized spacial score (nSPS) is 17.3. The molecule has 1 aromatic carbocycles. The largest absolute Gasteiger partial charge is 0.507 e. The molecule has 0 radical (unpaired) electrons. The molecular weight excluding hydrogens is 455 g/mol. The maximum atomic E-state index is 13.7. The van der Waals surface area contributed by atoms with Crippen molar-refractivity contribution in [2.45, 2.75) is 32.9 Å². The van der Waals surface area contributed by atoms with E-state index in [1.807, 2.05) is 4.57 Å². The average Bonchev–Trinajstić information content (AvgIpc) is 3.52. The van der Waals surface area contributed by atoms with Gasteiger partial charge in [0, 0.05) is 36.7 Å². The number of Topliss-reactive ketones (excluding diaryl/α,β-unsaturated/α-hetero) is 1. The van der Waals surface area contributed by atoms with Crippen LogP contribution in [0.4, 0.5) is 4.39 Å². The number of aliphatic hydroxyl groups excluding tert-OH is 1. The number of aromatic amines is 1. The van der Waals surface area contributed by atoms with Crippen molar-refractivity contribution in [1.82, 2.24) is 19.4 Å². The van der Waals surface area contributed by atoms with Crippen LogP contribution < -0.4 is 0 Å². The van der Waals surface area contributed by atoms with Gasteiger partial charge < -0.3 is 24.3 Å². The molecule has 1 saturated heterocycles. The maximum absolute atomic E-state index is 13.7. The summed E-state index contributed by atoms with van der Waals surface area (Å²) in [5, 5.41) is 11.3. The Morgan fingerprint density at radius 1 is 1.20 bits per heavy atom. The van der Waals surface area contributed by atoms with Gasteiger partial charge in [0.05, 0.1) is 25.1 Å². The third-order valence-electron chi connectivity index (χ3n) is 6.16. The lowest BCUT2D eigenvalue weighted by Gasteiger charge is -2.25. The third kappa shape index (κ3) is 4.34. The van der Waals surface area contributed by atoms with Gasteiger partial charge in [0.25, 0.3) is 11.7 Å². The van der Waals surface area contributed by atoms with Crippen LogP contribution >= 0.6 is 0 Å². The number of aromatic nitrogens is 3. The molecule has 3 heterocycles. The van der Waals surface area contributed by atoms with Gasteiger partial charge in [0.2, 0.25) is 0 Å². The standard InChI is InChI=1S/C25H25FN4O5/c1-14-18(15(2)28-20(14)25(34)35-3)22(31)19-21(16-5-7-17(26)8-6-16)30(24(33)23(19)32)11-4-10-29-12-9-27-13-29/h5-9,12-13,21,28,31H,4,10-11H2,1-3H3/b22-19+/t21-/m1/s1. The number of aliphatic hydroxyl groups is 1. The Morgan fingerprint density at radius 2 is 1.91 bits per heavy atom. The van der Waals surface area contributed by atoms with E-state index in [0.717, 1.165) is 0 Å². The number of esters is 1. The lowest BCUT2D eigenvalue weighted by Crippen LogP contribution is -2.31. The van der Waals surface area contributed by atoms with Gasteiger partial charge in [-0.2, -0.15) is 0 Å². The van der Waals surface area contributed by atoms with Crippen LogP contribution in [0.5, 0.6) is 0 Å². The molecule has 0 spiro atoms. The van der Waals surface area contributed by atoms with Gasteiger partial charge in [-0.25, -0.2) is 14.2 Å².